The van der Waals surface area contributed by atoms with Gasteiger partial charge in [-0.2, -0.15) is 5.26 Å². The van der Waals surface area contributed by atoms with Crippen LogP contribution in [0.3, 0.4) is 0 Å². The zero-order valence-corrected chi connectivity index (χ0v) is 8.58. The SMILES string of the molecule is CC(C)N1CCNC(CC#N)CC1. The van der Waals surface area contributed by atoms with Crippen LogP contribution in [-0.2, 0) is 0 Å². The minimum Gasteiger partial charge on any atom is -0.312 e. The summed E-state index contributed by atoms with van der Waals surface area (Å²) in [5.41, 5.74) is 0. The van der Waals surface area contributed by atoms with Gasteiger partial charge in [0.05, 0.1) is 12.5 Å². The summed E-state index contributed by atoms with van der Waals surface area (Å²) in [4.78, 5) is 2.46. The highest BCUT2D eigenvalue weighted by Crippen LogP contribution is 2.07. The molecule has 0 aromatic heterocycles. The van der Waals surface area contributed by atoms with E-state index in [1.807, 2.05) is 0 Å². The first-order valence-electron chi connectivity index (χ1n) is 5.08. The molecule has 0 saturated carbocycles. The minimum atomic E-state index is 0.411. The van der Waals surface area contributed by atoms with E-state index in [-0.39, 0.29) is 0 Å². The van der Waals surface area contributed by atoms with Gasteiger partial charge in [-0.05, 0) is 26.8 Å². The number of nitrogens with zero attached hydrogens (tertiary/aromatic N) is 2. The zero-order valence-electron chi connectivity index (χ0n) is 8.58. The Kier molecular flexibility index (Phi) is 4.20. The van der Waals surface area contributed by atoms with E-state index < -0.39 is 0 Å². The van der Waals surface area contributed by atoms with Gasteiger partial charge in [-0.25, -0.2) is 0 Å². The van der Waals surface area contributed by atoms with Crippen molar-refractivity contribution in [2.75, 3.05) is 19.6 Å². The van der Waals surface area contributed by atoms with Crippen LogP contribution < -0.4 is 5.32 Å². The molecule has 1 N–H and O–H groups in total. The van der Waals surface area contributed by atoms with Crippen molar-refractivity contribution in [2.45, 2.75) is 38.8 Å². The molecule has 0 bridgehead atoms. The quantitative estimate of drug-likeness (QED) is 0.690. The lowest BCUT2D eigenvalue weighted by molar-refractivity contribution is 0.235. The Bertz CT molecular complexity index is 183. The molecule has 0 aromatic carbocycles. The summed E-state index contributed by atoms with van der Waals surface area (Å²) in [6.07, 6.45) is 1.75. The highest BCUT2D eigenvalue weighted by atomic mass is 15.2. The fourth-order valence-electron chi connectivity index (χ4n) is 1.75. The third-order valence-electron chi connectivity index (χ3n) is 2.66. The lowest BCUT2D eigenvalue weighted by Gasteiger charge is -2.23. The smallest absolute Gasteiger partial charge is 0.0638 e. The van der Waals surface area contributed by atoms with E-state index in [0.717, 1.165) is 26.1 Å². The third kappa shape index (κ3) is 3.33. The Balaban J connectivity index is 2.36. The molecule has 0 amide bonds. The van der Waals surface area contributed by atoms with Gasteiger partial charge in [-0.15, -0.1) is 0 Å². The fraction of sp³-hybridized carbons (Fsp3) is 0.900. The van der Waals surface area contributed by atoms with E-state index in [1.54, 1.807) is 0 Å². The Labute approximate surface area is 80.7 Å². The third-order valence-corrected chi connectivity index (χ3v) is 2.66. The van der Waals surface area contributed by atoms with E-state index in [2.05, 4.69) is 30.1 Å². The molecule has 1 heterocycles. The summed E-state index contributed by atoms with van der Waals surface area (Å²) in [6.45, 7) is 7.70. The number of hydrogen-bond donors (Lipinski definition) is 1. The zero-order chi connectivity index (χ0) is 9.68. The molecule has 0 radical (unpaired) electrons. The average molecular weight is 181 g/mol. The molecule has 3 nitrogen and oxygen atoms in total. The molecule has 0 aliphatic carbocycles. The first kappa shape index (κ1) is 10.5. The molecule has 0 aromatic rings. The predicted molar refractivity (Wildman–Crippen MR) is 53.3 cm³/mol. The van der Waals surface area contributed by atoms with Crippen molar-refractivity contribution < 1.29 is 0 Å². The summed E-state index contributed by atoms with van der Waals surface area (Å²) < 4.78 is 0. The summed E-state index contributed by atoms with van der Waals surface area (Å²) in [5.74, 6) is 0. The van der Waals surface area contributed by atoms with E-state index in [0.29, 0.717) is 18.5 Å². The second kappa shape index (κ2) is 5.21. The monoisotopic (exact) mass is 181 g/mol. The first-order valence-corrected chi connectivity index (χ1v) is 5.08. The van der Waals surface area contributed by atoms with Gasteiger partial charge in [-0.3, -0.25) is 4.90 Å². The Morgan fingerprint density at radius 3 is 2.92 bits per heavy atom. The van der Waals surface area contributed by atoms with Crippen LogP contribution in [0.1, 0.15) is 26.7 Å². The highest BCUT2D eigenvalue weighted by molar-refractivity contribution is 4.84. The van der Waals surface area contributed by atoms with E-state index in [1.165, 1.54) is 0 Å². The molecule has 1 atom stereocenters. The summed E-state index contributed by atoms with van der Waals surface area (Å²) in [7, 11) is 0. The molecule has 1 fully saturated rings. The second-order valence-corrected chi connectivity index (χ2v) is 3.93. The van der Waals surface area contributed by atoms with Gasteiger partial charge in [0.25, 0.3) is 0 Å². The van der Waals surface area contributed by atoms with Crippen LogP contribution in [0.4, 0.5) is 0 Å². The van der Waals surface area contributed by atoms with Crippen molar-refractivity contribution in [3.8, 4) is 6.07 Å². The summed E-state index contributed by atoms with van der Waals surface area (Å²) in [6, 6.07) is 3.27. The van der Waals surface area contributed by atoms with Gasteiger partial charge in [0.1, 0.15) is 0 Å². The average Bonchev–Trinajstić information content (AvgIpc) is 2.30. The van der Waals surface area contributed by atoms with Crippen LogP contribution in [0.2, 0.25) is 0 Å². The van der Waals surface area contributed by atoms with Crippen molar-refractivity contribution in [3.63, 3.8) is 0 Å². The Morgan fingerprint density at radius 1 is 1.54 bits per heavy atom. The van der Waals surface area contributed by atoms with E-state index in [4.69, 9.17) is 5.26 Å². The van der Waals surface area contributed by atoms with Gasteiger partial charge in [0.15, 0.2) is 0 Å². The van der Waals surface area contributed by atoms with Crippen molar-refractivity contribution in [1.29, 1.82) is 5.26 Å². The molecule has 1 aliphatic rings. The van der Waals surface area contributed by atoms with Crippen LogP contribution in [-0.4, -0.2) is 36.6 Å². The molecule has 74 valence electrons. The molecule has 1 unspecified atom stereocenters. The topological polar surface area (TPSA) is 39.1 Å². The van der Waals surface area contributed by atoms with Crippen molar-refractivity contribution in [2.24, 2.45) is 0 Å². The van der Waals surface area contributed by atoms with E-state index in [9.17, 15) is 0 Å². The van der Waals surface area contributed by atoms with Crippen molar-refractivity contribution in [1.82, 2.24) is 10.2 Å². The molecule has 3 heteroatoms. The normalized spacial score (nSPS) is 25.5. The molecular formula is C10H19N3. The number of hydrogen-bond acceptors (Lipinski definition) is 3. The van der Waals surface area contributed by atoms with E-state index >= 15 is 0 Å². The number of nitrogens with one attached hydrogen (secondary N) is 1. The van der Waals surface area contributed by atoms with Gasteiger partial charge < -0.3 is 5.32 Å². The Morgan fingerprint density at radius 2 is 2.31 bits per heavy atom. The maximum atomic E-state index is 8.58. The van der Waals surface area contributed by atoms with Crippen LogP contribution in [0.15, 0.2) is 0 Å². The highest BCUT2D eigenvalue weighted by Gasteiger charge is 2.17. The standard InChI is InChI=1S/C10H19N3/c1-9(2)13-7-4-10(3-5-11)12-6-8-13/h9-10,12H,3-4,6-8H2,1-2H3. The molecule has 1 saturated heterocycles. The molecule has 13 heavy (non-hydrogen) atoms. The maximum absolute atomic E-state index is 8.58. The maximum Gasteiger partial charge on any atom is 0.0638 e. The van der Waals surface area contributed by atoms with Crippen LogP contribution >= 0.6 is 0 Å². The first-order chi connectivity index (χ1) is 6.24. The largest absolute Gasteiger partial charge is 0.312 e. The van der Waals surface area contributed by atoms with Crippen molar-refractivity contribution >= 4 is 0 Å². The molecule has 1 rings (SSSR count). The van der Waals surface area contributed by atoms with Crippen LogP contribution in [0, 0.1) is 11.3 Å². The predicted octanol–water partition coefficient (Wildman–Crippen LogP) is 0.972. The fourth-order valence-corrected chi connectivity index (χ4v) is 1.75. The van der Waals surface area contributed by atoms with Gasteiger partial charge in [-0.1, -0.05) is 0 Å². The van der Waals surface area contributed by atoms with Gasteiger partial charge in [0, 0.05) is 25.2 Å². The number of nitriles is 1. The van der Waals surface area contributed by atoms with Crippen molar-refractivity contribution in [3.05, 3.63) is 0 Å². The lowest BCUT2D eigenvalue weighted by Crippen LogP contribution is -2.34. The summed E-state index contributed by atoms with van der Waals surface area (Å²) in [5, 5.41) is 12.0. The summed E-state index contributed by atoms with van der Waals surface area (Å²) >= 11 is 0. The van der Waals surface area contributed by atoms with Gasteiger partial charge >= 0.3 is 0 Å². The molecule has 1 aliphatic heterocycles. The van der Waals surface area contributed by atoms with Crippen LogP contribution in [0.25, 0.3) is 0 Å². The second-order valence-electron chi connectivity index (χ2n) is 3.93. The number of rotatable bonds is 2. The lowest BCUT2D eigenvalue weighted by atomic mass is 10.1. The minimum absolute atomic E-state index is 0.411. The molecule has 0 spiro atoms. The Hall–Kier alpha value is -0.590. The van der Waals surface area contributed by atoms with Gasteiger partial charge in [0.2, 0.25) is 0 Å². The molecular weight excluding hydrogens is 162 g/mol. The van der Waals surface area contributed by atoms with Crippen LogP contribution in [0.5, 0.6) is 0 Å².